The van der Waals surface area contributed by atoms with Crippen LogP contribution in [0.25, 0.3) is 0 Å². The zero-order chi connectivity index (χ0) is 11.3. The molecule has 1 saturated carbocycles. The van der Waals surface area contributed by atoms with E-state index in [1.54, 1.807) is 0 Å². The minimum absolute atomic E-state index is 0.0356. The van der Waals surface area contributed by atoms with Crippen LogP contribution in [0.2, 0.25) is 0 Å². The van der Waals surface area contributed by atoms with Crippen molar-refractivity contribution < 1.29 is 19.4 Å². The number of nitrogens with two attached hydrogens (primary N) is 1. The van der Waals surface area contributed by atoms with Crippen LogP contribution in [0.15, 0.2) is 0 Å². The van der Waals surface area contributed by atoms with Crippen LogP contribution in [-0.2, 0) is 14.3 Å². The van der Waals surface area contributed by atoms with Crippen molar-refractivity contribution in [2.75, 3.05) is 19.8 Å². The fourth-order valence-corrected chi connectivity index (χ4v) is 1.78. The molecule has 2 atom stereocenters. The third-order valence-electron chi connectivity index (χ3n) is 2.72. The van der Waals surface area contributed by atoms with Gasteiger partial charge in [-0.1, -0.05) is 0 Å². The van der Waals surface area contributed by atoms with Crippen LogP contribution in [0.3, 0.4) is 0 Å². The molecule has 0 aromatic carbocycles. The molecular formula is C10H19NO4. The second kappa shape index (κ2) is 5.44. The SMILES string of the molecule is CCOCCOC1CCC(N)(C(=O)O)C1. The number of hydrogen-bond acceptors (Lipinski definition) is 4. The Morgan fingerprint density at radius 2 is 2.33 bits per heavy atom. The summed E-state index contributed by atoms with van der Waals surface area (Å²) in [6.07, 6.45) is 1.57. The number of carboxylic acid groups (broad SMARTS) is 1. The average molecular weight is 217 g/mol. The first-order chi connectivity index (χ1) is 7.08. The van der Waals surface area contributed by atoms with Crippen LogP contribution in [0.5, 0.6) is 0 Å². The summed E-state index contributed by atoms with van der Waals surface area (Å²) in [6, 6.07) is 0. The van der Waals surface area contributed by atoms with E-state index < -0.39 is 11.5 Å². The highest BCUT2D eigenvalue weighted by Gasteiger charge is 2.42. The molecule has 0 aromatic heterocycles. The maximum atomic E-state index is 10.8. The van der Waals surface area contributed by atoms with Crippen molar-refractivity contribution in [3.05, 3.63) is 0 Å². The minimum Gasteiger partial charge on any atom is -0.480 e. The summed E-state index contributed by atoms with van der Waals surface area (Å²) >= 11 is 0. The molecule has 1 fully saturated rings. The number of rotatable bonds is 6. The van der Waals surface area contributed by atoms with Gasteiger partial charge in [0.1, 0.15) is 5.54 Å². The monoisotopic (exact) mass is 217 g/mol. The summed E-state index contributed by atoms with van der Waals surface area (Å²) in [4.78, 5) is 10.8. The summed E-state index contributed by atoms with van der Waals surface area (Å²) in [6.45, 7) is 3.65. The molecule has 5 nitrogen and oxygen atoms in total. The maximum absolute atomic E-state index is 10.8. The van der Waals surface area contributed by atoms with Crippen molar-refractivity contribution in [1.82, 2.24) is 0 Å². The van der Waals surface area contributed by atoms with Crippen LogP contribution in [0.1, 0.15) is 26.2 Å². The van der Waals surface area contributed by atoms with Crippen molar-refractivity contribution in [3.8, 4) is 0 Å². The van der Waals surface area contributed by atoms with E-state index in [2.05, 4.69) is 0 Å². The number of aliphatic carboxylic acids is 1. The van der Waals surface area contributed by atoms with Crippen LogP contribution < -0.4 is 5.73 Å². The molecule has 0 aliphatic heterocycles. The molecule has 1 aliphatic rings. The molecule has 0 bridgehead atoms. The highest BCUT2D eigenvalue weighted by atomic mass is 16.5. The maximum Gasteiger partial charge on any atom is 0.323 e. The van der Waals surface area contributed by atoms with Crippen LogP contribution >= 0.6 is 0 Å². The van der Waals surface area contributed by atoms with E-state index in [0.29, 0.717) is 32.7 Å². The standard InChI is InChI=1S/C10H19NO4/c1-2-14-5-6-15-8-3-4-10(11,7-8)9(12)13/h8H,2-7,11H2,1H3,(H,12,13). The summed E-state index contributed by atoms with van der Waals surface area (Å²) in [5, 5.41) is 8.89. The third-order valence-corrected chi connectivity index (χ3v) is 2.72. The predicted octanol–water partition coefficient (Wildman–Crippen LogP) is 0.374. The Bertz CT molecular complexity index is 221. The third kappa shape index (κ3) is 3.44. The largest absolute Gasteiger partial charge is 0.480 e. The van der Waals surface area contributed by atoms with Gasteiger partial charge in [0.05, 0.1) is 19.3 Å². The van der Waals surface area contributed by atoms with Gasteiger partial charge < -0.3 is 20.3 Å². The van der Waals surface area contributed by atoms with Gasteiger partial charge in [-0.3, -0.25) is 4.79 Å². The van der Waals surface area contributed by atoms with Gasteiger partial charge in [-0.05, 0) is 19.8 Å². The Morgan fingerprint density at radius 1 is 1.60 bits per heavy atom. The van der Waals surface area contributed by atoms with Gasteiger partial charge in [0.15, 0.2) is 0 Å². The lowest BCUT2D eigenvalue weighted by atomic mass is 10.00. The van der Waals surface area contributed by atoms with Crippen LogP contribution in [-0.4, -0.2) is 42.5 Å². The highest BCUT2D eigenvalue weighted by Crippen LogP contribution is 2.29. The van der Waals surface area contributed by atoms with E-state index in [9.17, 15) is 4.79 Å². The molecule has 0 amide bonds. The summed E-state index contributed by atoms with van der Waals surface area (Å²) in [7, 11) is 0. The zero-order valence-corrected chi connectivity index (χ0v) is 9.07. The summed E-state index contributed by atoms with van der Waals surface area (Å²) in [5.74, 6) is -0.932. The predicted molar refractivity (Wildman–Crippen MR) is 54.6 cm³/mol. The Labute approximate surface area is 89.5 Å². The fourth-order valence-electron chi connectivity index (χ4n) is 1.78. The van der Waals surface area contributed by atoms with Crippen molar-refractivity contribution in [2.24, 2.45) is 5.73 Å². The molecule has 0 spiro atoms. The van der Waals surface area contributed by atoms with Crippen LogP contribution in [0, 0.1) is 0 Å². The van der Waals surface area contributed by atoms with E-state index in [0.717, 1.165) is 6.42 Å². The topological polar surface area (TPSA) is 81.8 Å². The molecule has 0 heterocycles. The van der Waals surface area contributed by atoms with Gasteiger partial charge in [-0.25, -0.2) is 0 Å². The molecular weight excluding hydrogens is 198 g/mol. The van der Waals surface area contributed by atoms with E-state index in [-0.39, 0.29) is 6.10 Å². The number of carboxylic acids is 1. The van der Waals surface area contributed by atoms with Gasteiger partial charge in [-0.2, -0.15) is 0 Å². The highest BCUT2D eigenvalue weighted by molar-refractivity contribution is 5.78. The molecule has 5 heteroatoms. The first kappa shape index (κ1) is 12.4. The Kier molecular flexibility index (Phi) is 4.50. The van der Waals surface area contributed by atoms with E-state index in [4.69, 9.17) is 20.3 Å². The van der Waals surface area contributed by atoms with E-state index in [1.807, 2.05) is 6.92 Å². The molecule has 2 unspecified atom stereocenters. The number of ether oxygens (including phenoxy) is 2. The zero-order valence-electron chi connectivity index (χ0n) is 9.07. The van der Waals surface area contributed by atoms with Gasteiger partial charge in [0.2, 0.25) is 0 Å². The van der Waals surface area contributed by atoms with Gasteiger partial charge >= 0.3 is 5.97 Å². The quantitative estimate of drug-likeness (QED) is 0.628. The van der Waals surface area contributed by atoms with Gasteiger partial charge in [0, 0.05) is 13.0 Å². The molecule has 1 aliphatic carbocycles. The first-order valence-electron chi connectivity index (χ1n) is 5.30. The minimum atomic E-state index is -1.09. The molecule has 3 N–H and O–H groups in total. The van der Waals surface area contributed by atoms with Crippen molar-refractivity contribution in [3.63, 3.8) is 0 Å². The lowest BCUT2D eigenvalue weighted by Crippen LogP contribution is -2.45. The lowest BCUT2D eigenvalue weighted by Gasteiger charge is -2.18. The van der Waals surface area contributed by atoms with Crippen molar-refractivity contribution in [1.29, 1.82) is 0 Å². The van der Waals surface area contributed by atoms with E-state index in [1.165, 1.54) is 0 Å². The van der Waals surface area contributed by atoms with Crippen molar-refractivity contribution >= 4 is 5.97 Å². The normalized spacial score (nSPS) is 30.7. The Morgan fingerprint density at radius 3 is 2.87 bits per heavy atom. The van der Waals surface area contributed by atoms with E-state index >= 15 is 0 Å². The fraction of sp³-hybridized carbons (Fsp3) is 0.900. The Hall–Kier alpha value is -0.650. The smallest absolute Gasteiger partial charge is 0.323 e. The second-order valence-electron chi connectivity index (χ2n) is 3.89. The summed E-state index contributed by atoms with van der Waals surface area (Å²) < 4.78 is 10.6. The van der Waals surface area contributed by atoms with Gasteiger partial charge in [0.25, 0.3) is 0 Å². The molecule has 0 aromatic rings. The Balaban J connectivity index is 2.22. The second-order valence-corrected chi connectivity index (χ2v) is 3.89. The number of hydrogen-bond donors (Lipinski definition) is 2. The lowest BCUT2D eigenvalue weighted by molar-refractivity contribution is -0.143. The molecule has 0 saturated heterocycles. The molecule has 1 rings (SSSR count). The van der Waals surface area contributed by atoms with Crippen LogP contribution in [0.4, 0.5) is 0 Å². The van der Waals surface area contributed by atoms with Gasteiger partial charge in [-0.15, -0.1) is 0 Å². The summed E-state index contributed by atoms with van der Waals surface area (Å²) in [5.41, 5.74) is 4.62. The first-order valence-corrected chi connectivity index (χ1v) is 5.30. The molecule has 88 valence electrons. The molecule has 15 heavy (non-hydrogen) atoms. The number of carbonyl (C=O) groups is 1. The average Bonchev–Trinajstić information content (AvgIpc) is 2.57. The molecule has 0 radical (unpaired) electrons. The van der Waals surface area contributed by atoms with Crippen molar-refractivity contribution in [2.45, 2.75) is 37.8 Å².